The summed E-state index contributed by atoms with van der Waals surface area (Å²) in [4.78, 5) is 16.2. The van der Waals surface area contributed by atoms with E-state index in [-0.39, 0.29) is 17.1 Å². The van der Waals surface area contributed by atoms with Crippen LogP contribution < -0.4 is 10.3 Å². The Morgan fingerprint density at radius 1 is 0.667 bits per heavy atom. The fraction of sp³-hybridized carbons (Fsp3) is 0. The molecule has 0 atom stereocenters. The van der Waals surface area contributed by atoms with Gasteiger partial charge >= 0.3 is 0 Å². The summed E-state index contributed by atoms with van der Waals surface area (Å²) in [5.41, 5.74) is 0.843. The van der Waals surface area contributed by atoms with Crippen molar-refractivity contribution in [3.05, 3.63) is 60.7 Å². The van der Waals surface area contributed by atoms with Crippen molar-refractivity contribution < 1.29 is 37.3 Å². The van der Waals surface area contributed by atoms with E-state index in [1.54, 1.807) is 60.7 Å². The van der Waals surface area contributed by atoms with E-state index < -0.39 is 0 Å². The van der Waals surface area contributed by atoms with Crippen molar-refractivity contribution in [2.45, 2.75) is 0 Å². The van der Waals surface area contributed by atoms with Gasteiger partial charge in [0.1, 0.15) is 0 Å². The summed E-state index contributed by atoms with van der Waals surface area (Å²) in [6, 6.07) is 16.9. The molecule has 0 spiro atoms. The summed E-state index contributed by atoms with van der Waals surface area (Å²) >= 11 is 0. The van der Waals surface area contributed by atoms with Gasteiger partial charge in [0.05, 0.1) is 11.4 Å². The normalized spacial score (nSPS) is 8.48. The van der Waals surface area contributed by atoms with Crippen molar-refractivity contribution in [2.24, 2.45) is 10.6 Å². The van der Waals surface area contributed by atoms with Crippen LogP contribution in [0.25, 0.3) is 0 Å². The Morgan fingerprint density at radius 3 is 1.19 bits per heavy atom. The standard InChI is InChI=1S/2C6H6N2O2.Mn/c2*9-7-8(10)6-4-2-1-3-5-6;/h2*1-5,10H;/p+2. The van der Waals surface area contributed by atoms with Crippen molar-refractivity contribution in [3.8, 4) is 0 Å². The molecule has 0 bridgehead atoms. The Bertz CT molecular complexity index is 480. The maximum atomic E-state index is 8.75. The third kappa shape index (κ3) is 6.59. The van der Waals surface area contributed by atoms with Gasteiger partial charge < -0.3 is 0 Å². The SMILES string of the molecule is ON(N=[OH+])c1ccccc1.ON(N=[OH+])c1ccccc1.[Mn]. The topological polar surface area (TPSA) is 114 Å². The van der Waals surface area contributed by atoms with E-state index in [1.165, 1.54) is 0 Å². The van der Waals surface area contributed by atoms with Crippen LogP contribution in [0.15, 0.2) is 71.2 Å². The van der Waals surface area contributed by atoms with Crippen LogP contribution in [0.2, 0.25) is 0 Å². The van der Waals surface area contributed by atoms with Crippen molar-refractivity contribution in [1.29, 1.82) is 0 Å². The van der Waals surface area contributed by atoms with Crippen LogP contribution in [0.1, 0.15) is 0 Å². The molecule has 2 aromatic carbocycles. The van der Waals surface area contributed by atoms with Gasteiger partial charge in [0.2, 0.25) is 0 Å². The zero-order chi connectivity index (χ0) is 14.8. The second-order valence-electron chi connectivity index (χ2n) is 3.43. The Morgan fingerprint density at radius 2 is 0.952 bits per heavy atom. The fourth-order valence-electron chi connectivity index (χ4n) is 1.23. The van der Waals surface area contributed by atoms with Crippen LogP contribution in [-0.2, 0) is 17.1 Å². The van der Waals surface area contributed by atoms with Crippen molar-refractivity contribution in [1.82, 2.24) is 0 Å². The summed E-state index contributed by atoms with van der Waals surface area (Å²) in [6.45, 7) is 0. The van der Waals surface area contributed by atoms with E-state index in [9.17, 15) is 0 Å². The average Bonchev–Trinajstić information content (AvgIpc) is 2.55. The molecular weight excluding hydrogens is 319 g/mol. The Labute approximate surface area is 130 Å². The molecule has 0 saturated heterocycles. The minimum atomic E-state index is 0. The molecule has 0 amide bonds. The van der Waals surface area contributed by atoms with Crippen LogP contribution in [0.5, 0.6) is 0 Å². The first-order chi connectivity index (χ1) is 9.69. The second-order valence-corrected chi connectivity index (χ2v) is 3.43. The molecule has 8 nitrogen and oxygen atoms in total. The number of nitrogens with zero attached hydrogens (tertiary/aromatic N) is 4. The number of hydrogen-bond acceptors (Lipinski definition) is 4. The van der Waals surface area contributed by atoms with Gasteiger partial charge in [-0.3, -0.25) is 10.4 Å². The van der Waals surface area contributed by atoms with Crippen LogP contribution in [0.4, 0.5) is 11.4 Å². The van der Waals surface area contributed by atoms with Gasteiger partial charge in [0, 0.05) is 17.1 Å². The quantitative estimate of drug-likeness (QED) is 0.508. The van der Waals surface area contributed by atoms with Crippen molar-refractivity contribution in [3.63, 3.8) is 0 Å². The van der Waals surface area contributed by atoms with E-state index >= 15 is 0 Å². The number of hydrogen-bond donors (Lipinski definition) is 2. The van der Waals surface area contributed by atoms with Crippen LogP contribution >= 0.6 is 0 Å². The summed E-state index contributed by atoms with van der Waals surface area (Å²) in [6.07, 6.45) is 0. The number of nitroso groups, excluding NO2 is 2. The zero-order valence-electron chi connectivity index (χ0n) is 10.7. The Hall–Kier alpha value is -2.32. The monoisotopic (exact) mass is 333 g/mol. The molecule has 0 aliphatic rings. The minimum Gasteiger partial charge on any atom is -0.261 e. The first kappa shape index (κ1) is 18.7. The third-order valence-corrected chi connectivity index (χ3v) is 2.14. The summed E-state index contributed by atoms with van der Waals surface area (Å²) in [5.74, 6) is 0. The molecule has 0 saturated carbocycles. The molecule has 0 fully saturated rings. The predicted molar refractivity (Wildman–Crippen MR) is 70.1 cm³/mol. The average molecular weight is 333 g/mol. The van der Waals surface area contributed by atoms with Crippen LogP contribution in [0, 0.1) is 0 Å². The largest absolute Gasteiger partial charge is 0.278 e. The molecule has 4 N–H and O–H groups in total. The maximum Gasteiger partial charge on any atom is 0.278 e. The van der Waals surface area contributed by atoms with Gasteiger partial charge in [0.15, 0.2) is 0 Å². The minimum absolute atomic E-state index is 0. The van der Waals surface area contributed by atoms with Crippen molar-refractivity contribution in [2.75, 3.05) is 10.3 Å². The molecule has 0 heterocycles. The van der Waals surface area contributed by atoms with Gasteiger partial charge in [-0.1, -0.05) is 46.7 Å². The van der Waals surface area contributed by atoms with E-state index in [0.717, 1.165) is 0 Å². The first-order valence-corrected chi connectivity index (χ1v) is 5.47. The molecule has 21 heavy (non-hydrogen) atoms. The molecule has 1 radical (unpaired) electrons. The summed E-state index contributed by atoms with van der Waals surface area (Å²) in [5, 5.41) is 23.4. The smallest absolute Gasteiger partial charge is 0.261 e. The summed E-state index contributed by atoms with van der Waals surface area (Å²) in [7, 11) is 0. The zero-order valence-corrected chi connectivity index (χ0v) is 11.9. The van der Waals surface area contributed by atoms with Crippen LogP contribution in [-0.4, -0.2) is 20.2 Å². The molecule has 0 aromatic heterocycles. The molecule has 111 valence electrons. The van der Waals surface area contributed by atoms with E-state index in [0.29, 0.717) is 21.7 Å². The molecule has 0 unspecified atom stereocenters. The van der Waals surface area contributed by atoms with E-state index in [2.05, 4.69) is 10.6 Å². The van der Waals surface area contributed by atoms with Gasteiger partial charge in [-0.25, -0.2) is 0 Å². The Kier molecular flexibility index (Phi) is 9.31. The fourth-order valence-corrected chi connectivity index (χ4v) is 1.23. The predicted octanol–water partition coefficient (Wildman–Crippen LogP) is 2.70. The number of para-hydroxylation sites is 2. The molecular formula is C12H14MnN4O4+2. The molecule has 0 aliphatic heterocycles. The van der Waals surface area contributed by atoms with E-state index in [1.807, 2.05) is 0 Å². The molecule has 0 aliphatic carbocycles. The summed E-state index contributed by atoms with van der Waals surface area (Å²) < 4.78 is 0. The number of anilines is 2. The van der Waals surface area contributed by atoms with E-state index in [4.69, 9.17) is 20.2 Å². The van der Waals surface area contributed by atoms with Gasteiger partial charge in [0.25, 0.3) is 10.6 Å². The molecule has 2 rings (SSSR count). The van der Waals surface area contributed by atoms with Gasteiger partial charge in [-0.2, -0.15) is 0 Å². The first-order valence-electron chi connectivity index (χ1n) is 5.47. The Balaban J connectivity index is 0.000000364. The van der Waals surface area contributed by atoms with Gasteiger partial charge in [-0.05, 0) is 24.3 Å². The van der Waals surface area contributed by atoms with Gasteiger partial charge in [-0.15, -0.1) is 9.81 Å². The molecule has 9 heteroatoms. The number of rotatable bonds is 4. The second kappa shape index (κ2) is 10.5. The third-order valence-electron chi connectivity index (χ3n) is 2.14. The maximum absolute atomic E-state index is 8.75. The van der Waals surface area contributed by atoms with Crippen molar-refractivity contribution >= 4 is 11.4 Å². The van der Waals surface area contributed by atoms with Crippen LogP contribution in [0.3, 0.4) is 0 Å². The molecule has 2 aromatic rings. The number of benzene rings is 2.